The van der Waals surface area contributed by atoms with E-state index in [-0.39, 0.29) is 34.7 Å². The smallest absolute Gasteiger partial charge is 0.302 e. The molecule has 9 heteroatoms. The van der Waals surface area contributed by atoms with Gasteiger partial charge in [0, 0.05) is 5.56 Å². The van der Waals surface area contributed by atoms with Crippen LogP contribution >= 0.6 is 0 Å². The Hall–Kier alpha value is -4.79. The van der Waals surface area contributed by atoms with E-state index in [0.29, 0.717) is 40.1 Å². The standard InChI is InChI=1S/C32H33N3O6/c1-7-41-26-14-19(9-11-24(26)36)28-27(29(37)21-15-20(16(2)3)25(40-6)13-18(21)5)30(38)31(39)35(28)32-33-22-10-8-17(4)12-23(22)34-32/h8-16,28,36-37H,7H2,1-6H3,(H,33,34)/b29-27+. The van der Waals surface area contributed by atoms with Gasteiger partial charge in [-0.1, -0.05) is 26.0 Å². The number of carbonyl (C=O) groups excluding carboxylic acids is 2. The first-order chi connectivity index (χ1) is 19.5. The van der Waals surface area contributed by atoms with Gasteiger partial charge in [0.2, 0.25) is 5.95 Å². The fourth-order valence-electron chi connectivity index (χ4n) is 5.29. The fourth-order valence-corrected chi connectivity index (χ4v) is 5.29. The molecule has 9 nitrogen and oxygen atoms in total. The maximum atomic E-state index is 13.7. The number of phenolic OH excluding ortho intramolecular Hbond substituents is 1. The van der Waals surface area contributed by atoms with Gasteiger partial charge in [0.25, 0.3) is 5.78 Å². The van der Waals surface area contributed by atoms with Crippen LogP contribution in [0.5, 0.6) is 17.2 Å². The van der Waals surface area contributed by atoms with Gasteiger partial charge in [0.1, 0.15) is 11.5 Å². The van der Waals surface area contributed by atoms with Crippen molar-refractivity contribution in [2.75, 3.05) is 18.6 Å². The zero-order valence-electron chi connectivity index (χ0n) is 23.9. The first-order valence-electron chi connectivity index (χ1n) is 13.5. The van der Waals surface area contributed by atoms with Crippen molar-refractivity contribution < 1.29 is 29.3 Å². The summed E-state index contributed by atoms with van der Waals surface area (Å²) in [5.41, 5.74) is 4.63. The second-order valence-corrected chi connectivity index (χ2v) is 10.5. The molecule has 41 heavy (non-hydrogen) atoms. The Labute approximate surface area is 238 Å². The highest BCUT2D eigenvalue weighted by Gasteiger charge is 2.48. The van der Waals surface area contributed by atoms with Crippen LogP contribution in [0.3, 0.4) is 0 Å². The number of aromatic hydroxyl groups is 1. The molecule has 1 aliphatic heterocycles. The summed E-state index contributed by atoms with van der Waals surface area (Å²) >= 11 is 0. The lowest BCUT2D eigenvalue weighted by molar-refractivity contribution is -0.132. The average Bonchev–Trinajstić information content (AvgIpc) is 3.46. The normalized spacial score (nSPS) is 16.7. The minimum absolute atomic E-state index is 0.0696. The van der Waals surface area contributed by atoms with Gasteiger partial charge < -0.3 is 24.7 Å². The molecule has 1 saturated heterocycles. The van der Waals surface area contributed by atoms with Crippen molar-refractivity contribution in [3.8, 4) is 17.2 Å². The number of aliphatic hydroxyl groups excluding tert-OH is 1. The molecule has 3 N–H and O–H groups in total. The number of aromatic amines is 1. The number of hydrogen-bond acceptors (Lipinski definition) is 7. The van der Waals surface area contributed by atoms with Gasteiger partial charge in [-0.25, -0.2) is 4.98 Å². The number of aryl methyl sites for hydroxylation is 2. The van der Waals surface area contributed by atoms with E-state index in [2.05, 4.69) is 9.97 Å². The maximum Gasteiger partial charge on any atom is 0.302 e. The maximum absolute atomic E-state index is 13.7. The number of phenols is 1. The first kappa shape index (κ1) is 27.8. The molecule has 0 spiro atoms. The SMILES string of the molecule is CCOc1cc(C2/C(=C(\O)c3cc(C(C)C)c(OC)cc3C)C(=O)C(=O)N2c2nc3ccc(C)cc3[nH]2)ccc1O. The number of methoxy groups -OCH3 is 1. The summed E-state index contributed by atoms with van der Waals surface area (Å²) in [7, 11) is 1.58. The zero-order chi connectivity index (χ0) is 29.6. The summed E-state index contributed by atoms with van der Waals surface area (Å²) in [6.45, 7) is 9.84. The molecule has 4 aromatic rings. The quantitative estimate of drug-likeness (QED) is 0.144. The van der Waals surface area contributed by atoms with Gasteiger partial charge in [-0.05, 0) is 85.3 Å². The summed E-state index contributed by atoms with van der Waals surface area (Å²) in [4.78, 5) is 36.5. The number of anilines is 1. The number of aromatic nitrogens is 2. The van der Waals surface area contributed by atoms with Crippen LogP contribution in [0.2, 0.25) is 0 Å². The van der Waals surface area contributed by atoms with Crippen LogP contribution in [0.4, 0.5) is 5.95 Å². The van der Waals surface area contributed by atoms with E-state index >= 15 is 0 Å². The van der Waals surface area contributed by atoms with Crippen molar-refractivity contribution in [3.63, 3.8) is 0 Å². The number of hydrogen-bond donors (Lipinski definition) is 3. The molecule has 1 unspecified atom stereocenters. The molecule has 1 aliphatic rings. The van der Waals surface area contributed by atoms with Crippen LogP contribution in [0, 0.1) is 13.8 Å². The highest BCUT2D eigenvalue weighted by molar-refractivity contribution is 6.51. The van der Waals surface area contributed by atoms with E-state index in [1.165, 1.54) is 11.0 Å². The van der Waals surface area contributed by atoms with Crippen LogP contribution in [0.15, 0.2) is 54.1 Å². The Morgan fingerprint density at radius 2 is 1.83 bits per heavy atom. The van der Waals surface area contributed by atoms with E-state index < -0.39 is 17.7 Å². The number of nitrogens with zero attached hydrogens (tertiary/aromatic N) is 2. The van der Waals surface area contributed by atoms with Crippen LogP contribution in [-0.2, 0) is 9.59 Å². The molecule has 212 valence electrons. The second-order valence-electron chi connectivity index (χ2n) is 10.5. The van der Waals surface area contributed by atoms with E-state index in [0.717, 1.165) is 11.1 Å². The van der Waals surface area contributed by atoms with Crippen molar-refractivity contribution in [2.45, 2.75) is 46.6 Å². The number of ketones is 1. The Bertz CT molecular complexity index is 1720. The number of rotatable bonds is 7. The number of H-pyrrole nitrogens is 1. The molecule has 0 radical (unpaired) electrons. The summed E-state index contributed by atoms with van der Waals surface area (Å²) < 4.78 is 11.2. The second kappa shape index (κ2) is 10.6. The van der Waals surface area contributed by atoms with Crippen molar-refractivity contribution >= 4 is 34.4 Å². The van der Waals surface area contributed by atoms with Crippen LogP contribution in [-0.4, -0.2) is 45.6 Å². The predicted octanol–water partition coefficient (Wildman–Crippen LogP) is 6.04. The lowest BCUT2D eigenvalue weighted by Crippen LogP contribution is -2.30. The lowest BCUT2D eigenvalue weighted by atomic mass is 9.91. The molecule has 3 aromatic carbocycles. The minimum atomic E-state index is -1.06. The summed E-state index contributed by atoms with van der Waals surface area (Å²) in [6, 6.07) is 12.8. The molecule has 0 aliphatic carbocycles. The van der Waals surface area contributed by atoms with Gasteiger partial charge in [-0.15, -0.1) is 0 Å². The van der Waals surface area contributed by atoms with Crippen molar-refractivity contribution in [3.05, 3.63) is 81.9 Å². The number of benzene rings is 3. The van der Waals surface area contributed by atoms with Gasteiger partial charge in [0.05, 0.1) is 36.4 Å². The Balaban J connectivity index is 1.77. The Kier molecular flexibility index (Phi) is 7.21. The number of amides is 1. The number of nitrogens with one attached hydrogen (secondary N) is 1. The van der Waals surface area contributed by atoms with E-state index in [9.17, 15) is 19.8 Å². The first-order valence-corrected chi connectivity index (χ1v) is 13.5. The molecular formula is C32H33N3O6. The molecule has 1 atom stereocenters. The highest BCUT2D eigenvalue weighted by atomic mass is 16.5. The molecule has 1 amide bonds. The topological polar surface area (TPSA) is 125 Å². The largest absolute Gasteiger partial charge is 0.507 e. The number of carbonyl (C=O) groups is 2. The van der Waals surface area contributed by atoms with Gasteiger partial charge in [-0.3, -0.25) is 14.5 Å². The molecule has 1 fully saturated rings. The summed E-state index contributed by atoms with van der Waals surface area (Å²) in [6.07, 6.45) is 0. The molecule has 0 saturated carbocycles. The lowest BCUT2D eigenvalue weighted by Gasteiger charge is -2.24. The van der Waals surface area contributed by atoms with Crippen LogP contribution in [0.25, 0.3) is 16.8 Å². The monoisotopic (exact) mass is 555 g/mol. The van der Waals surface area contributed by atoms with Crippen molar-refractivity contribution in [2.24, 2.45) is 0 Å². The minimum Gasteiger partial charge on any atom is -0.507 e. The van der Waals surface area contributed by atoms with Crippen LogP contribution in [0.1, 0.15) is 60.5 Å². The molecule has 5 rings (SSSR count). The Morgan fingerprint density at radius 1 is 1.07 bits per heavy atom. The van der Waals surface area contributed by atoms with Gasteiger partial charge in [-0.2, -0.15) is 0 Å². The summed E-state index contributed by atoms with van der Waals surface area (Å²) in [5, 5.41) is 22.2. The third-order valence-corrected chi connectivity index (χ3v) is 7.35. The van der Waals surface area contributed by atoms with Crippen LogP contribution < -0.4 is 14.4 Å². The van der Waals surface area contributed by atoms with Gasteiger partial charge in [0.15, 0.2) is 11.5 Å². The molecular weight excluding hydrogens is 522 g/mol. The predicted molar refractivity (Wildman–Crippen MR) is 157 cm³/mol. The van der Waals surface area contributed by atoms with Gasteiger partial charge >= 0.3 is 5.91 Å². The highest BCUT2D eigenvalue weighted by Crippen LogP contribution is 2.44. The van der Waals surface area contributed by atoms with Crippen molar-refractivity contribution in [1.29, 1.82) is 0 Å². The molecule has 0 bridgehead atoms. The summed E-state index contributed by atoms with van der Waals surface area (Å²) in [5.74, 6) is -0.986. The third-order valence-electron chi connectivity index (χ3n) is 7.35. The number of ether oxygens (including phenoxy) is 2. The number of aliphatic hydroxyl groups is 1. The average molecular weight is 556 g/mol. The molecule has 2 heterocycles. The molecule has 1 aromatic heterocycles. The van der Waals surface area contributed by atoms with E-state index in [1.54, 1.807) is 32.2 Å². The van der Waals surface area contributed by atoms with E-state index in [1.807, 2.05) is 52.0 Å². The van der Waals surface area contributed by atoms with E-state index in [4.69, 9.17) is 9.47 Å². The zero-order valence-corrected chi connectivity index (χ0v) is 23.9. The number of imidazole rings is 1. The number of fused-ring (bicyclic) bond motifs is 1. The Morgan fingerprint density at radius 3 is 2.51 bits per heavy atom. The van der Waals surface area contributed by atoms with Crippen molar-refractivity contribution in [1.82, 2.24) is 9.97 Å². The fraction of sp³-hybridized carbons (Fsp3) is 0.281. The third kappa shape index (κ3) is 4.77. The number of Topliss-reactive ketones (excluding diaryl/α,β-unsaturated/α-hetero) is 1.